The lowest BCUT2D eigenvalue weighted by molar-refractivity contribution is 0.380. The number of methoxy groups -OCH3 is 1. The Hall–Kier alpha value is -0.570. The van der Waals surface area contributed by atoms with Gasteiger partial charge in [-0.15, -0.1) is 0 Å². The Bertz CT molecular complexity index is 70.1. The Morgan fingerprint density at radius 1 is 1.86 bits per heavy atom. The highest BCUT2D eigenvalue weighted by Gasteiger charge is 1.98. The second-order valence-electron chi connectivity index (χ2n) is 1.36. The molecule has 0 saturated heterocycles. The van der Waals surface area contributed by atoms with Crippen LogP contribution >= 0.6 is 0 Å². The summed E-state index contributed by atoms with van der Waals surface area (Å²) < 4.78 is 4.47. The fourth-order valence-electron chi connectivity index (χ4n) is 0.186. The molecule has 0 amide bonds. The van der Waals surface area contributed by atoms with E-state index in [4.69, 9.17) is 11.1 Å². The van der Waals surface area contributed by atoms with Crippen LogP contribution in [0, 0.1) is 5.41 Å². The fraction of sp³-hybridized carbons (Fsp3) is 0.750. The maximum absolute atomic E-state index is 6.84. The van der Waals surface area contributed by atoms with E-state index in [0.29, 0.717) is 0 Å². The average molecular weight is 102 g/mol. The first-order valence-electron chi connectivity index (χ1n) is 2.06. The summed E-state index contributed by atoms with van der Waals surface area (Å²) in [6, 6.07) is -0.273. The molecule has 3 heteroatoms. The first-order valence-corrected chi connectivity index (χ1v) is 2.06. The third-order valence-electron chi connectivity index (χ3n) is 0.633. The van der Waals surface area contributed by atoms with Gasteiger partial charge < -0.3 is 10.5 Å². The average Bonchev–Trinajstić information content (AvgIpc) is 1.65. The Kier molecular flexibility index (Phi) is 2.37. The fourth-order valence-corrected chi connectivity index (χ4v) is 0.186. The van der Waals surface area contributed by atoms with Gasteiger partial charge in [-0.1, -0.05) is 0 Å². The van der Waals surface area contributed by atoms with E-state index in [1.807, 2.05) is 0 Å². The van der Waals surface area contributed by atoms with Crippen LogP contribution in [-0.4, -0.2) is 19.0 Å². The van der Waals surface area contributed by atoms with E-state index in [1.165, 1.54) is 7.11 Å². The van der Waals surface area contributed by atoms with E-state index in [9.17, 15) is 0 Å². The van der Waals surface area contributed by atoms with Crippen LogP contribution in [0.1, 0.15) is 6.92 Å². The highest BCUT2D eigenvalue weighted by molar-refractivity contribution is 5.77. The second-order valence-corrected chi connectivity index (χ2v) is 1.36. The molecule has 0 rings (SSSR count). The van der Waals surface area contributed by atoms with Gasteiger partial charge in [0.1, 0.15) is 0 Å². The molecule has 7 heavy (non-hydrogen) atoms. The summed E-state index contributed by atoms with van der Waals surface area (Å²) in [7, 11) is 1.44. The van der Waals surface area contributed by atoms with Crippen molar-refractivity contribution in [3.63, 3.8) is 0 Å². The van der Waals surface area contributed by atoms with Crippen LogP contribution in [-0.2, 0) is 4.74 Å². The minimum atomic E-state index is -0.273. The van der Waals surface area contributed by atoms with Crippen molar-refractivity contribution in [2.24, 2.45) is 5.73 Å². The predicted octanol–water partition coefficient (Wildman–Crippen LogP) is -0.0427. The van der Waals surface area contributed by atoms with E-state index in [0.717, 1.165) is 0 Å². The number of hydrogen-bond acceptors (Lipinski definition) is 3. The van der Waals surface area contributed by atoms with E-state index >= 15 is 0 Å². The van der Waals surface area contributed by atoms with Crippen LogP contribution in [0.5, 0.6) is 0 Å². The number of nitrogens with two attached hydrogens (primary N) is 1. The third kappa shape index (κ3) is 2.17. The van der Waals surface area contributed by atoms with Gasteiger partial charge in [0, 0.05) is 0 Å². The van der Waals surface area contributed by atoms with Crippen molar-refractivity contribution in [3.05, 3.63) is 0 Å². The first-order chi connectivity index (χ1) is 3.18. The third-order valence-corrected chi connectivity index (χ3v) is 0.633. The smallest absolute Gasteiger partial charge is 0.197 e. The molecule has 0 aromatic carbocycles. The Labute approximate surface area is 43.0 Å². The van der Waals surface area contributed by atoms with Crippen LogP contribution in [0.15, 0.2) is 0 Å². The van der Waals surface area contributed by atoms with Crippen molar-refractivity contribution in [2.75, 3.05) is 7.11 Å². The number of rotatable bonds is 1. The van der Waals surface area contributed by atoms with Gasteiger partial charge in [0.25, 0.3) is 0 Å². The Morgan fingerprint density at radius 2 is 2.29 bits per heavy atom. The minimum absolute atomic E-state index is 0.125. The van der Waals surface area contributed by atoms with E-state index in [-0.39, 0.29) is 11.9 Å². The van der Waals surface area contributed by atoms with Gasteiger partial charge in [0.2, 0.25) is 0 Å². The zero-order valence-electron chi connectivity index (χ0n) is 4.56. The summed E-state index contributed by atoms with van der Waals surface area (Å²) in [5.41, 5.74) is 5.20. The summed E-state index contributed by atoms with van der Waals surface area (Å²) in [4.78, 5) is 0. The molecule has 3 nitrogen and oxygen atoms in total. The van der Waals surface area contributed by atoms with Crippen LogP contribution < -0.4 is 5.73 Å². The highest BCUT2D eigenvalue weighted by Crippen LogP contribution is 1.77. The molecule has 0 aromatic heterocycles. The quantitative estimate of drug-likeness (QED) is 0.360. The topological polar surface area (TPSA) is 59.1 Å². The maximum Gasteiger partial charge on any atom is 0.197 e. The van der Waals surface area contributed by atoms with Gasteiger partial charge in [0.15, 0.2) is 5.90 Å². The molecule has 0 aliphatic heterocycles. The number of hydrogen-bond donors (Lipinski definition) is 2. The molecule has 0 spiro atoms. The van der Waals surface area contributed by atoms with Crippen molar-refractivity contribution in [3.8, 4) is 0 Å². The summed E-state index contributed by atoms with van der Waals surface area (Å²) in [5, 5.41) is 6.84. The van der Waals surface area contributed by atoms with Gasteiger partial charge in [-0.25, -0.2) is 0 Å². The molecule has 0 aliphatic carbocycles. The Morgan fingerprint density at radius 3 is 2.29 bits per heavy atom. The standard InChI is InChI=1S/C4H10N2O/c1-3(5)4(6)7-2/h3,6H,5H2,1-2H3/t3-/m0/s1. The monoisotopic (exact) mass is 102 g/mol. The molecule has 1 atom stereocenters. The molecular formula is C4H10N2O. The molecule has 0 unspecified atom stereocenters. The first kappa shape index (κ1) is 6.43. The molecule has 0 radical (unpaired) electrons. The summed E-state index contributed by atoms with van der Waals surface area (Å²) >= 11 is 0. The highest BCUT2D eigenvalue weighted by atomic mass is 16.5. The van der Waals surface area contributed by atoms with Crippen LogP contribution in [0.3, 0.4) is 0 Å². The molecule has 0 saturated carbocycles. The maximum atomic E-state index is 6.84. The lowest BCUT2D eigenvalue weighted by Crippen LogP contribution is -2.26. The lowest BCUT2D eigenvalue weighted by Gasteiger charge is -2.02. The molecule has 42 valence electrons. The van der Waals surface area contributed by atoms with Gasteiger partial charge in [-0.2, -0.15) is 0 Å². The van der Waals surface area contributed by atoms with Gasteiger partial charge >= 0.3 is 0 Å². The molecule has 0 heterocycles. The summed E-state index contributed by atoms with van der Waals surface area (Å²) in [5.74, 6) is 0.125. The normalized spacial score (nSPS) is 13.0. The summed E-state index contributed by atoms with van der Waals surface area (Å²) in [6.45, 7) is 1.70. The van der Waals surface area contributed by atoms with Gasteiger partial charge in [-0.3, -0.25) is 5.41 Å². The Balaban J connectivity index is 3.35. The van der Waals surface area contributed by atoms with Gasteiger partial charge in [0.05, 0.1) is 13.2 Å². The molecular weight excluding hydrogens is 92.1 g/mol. The molecule has 0 fully saturated rings. The zero-order chi connectivity index (χ0) is 5.86. The second kappa shape index (κ2) is 2.58. The van der Waals surface area contributed by atoms with Crippen molar-refractivity contribution >= 4 is 5.90 Å². The number of ether oxygens (including phenoxy) is 1. The van der Waals surface area contributed by atoms with E-state index < -0.39 is 0 Å². The SMILES string of the molecule is COC(=N)[C@H](C)N. The van der Waals surface area contributed by atoms with Crippen molar-refractivity contribution in [1.82, 2.24) is 0 Å². The van der Waals surface area contributed by atoms with Crippen molar-refractivity contribution in [1.29, 1.82) is 5.41 Å². The van der Waals surface area contributed by atoms with Crippen molar-refractivity contribution < 1.29 is 4.74 Å². The largest absolute Gasteiger partial charge is 0.483 e. The molecule has 3 N–H and O–H groups in total. The van der Waals surface area contributed by atoms with Crippen LogP contribution in [0.25, 0.3) is 0 Å². The van der Waals surface area contributed by atoms with Crippen molar-refractivity contribution in [2.45, 2.75) is 13.0 Å². The molecule has 0 aliphatic rings. The summed E-state index contributed by atoms with van der Waals surface area (Å²) in [6.07, 6.45) is 0. The predicted molar refractivity (Wildman–Crippen MR) is 28.4 cm³/mol. The number of nitrogens with one attached hydrogen (secondary N) is 1. The van der Waals surface area contributed by atoms with Gasteiger partial charge in [-0.05, 0) is 6.92 Å². The van der Waals surface area contributed by atoms with E-state index in [2.05, 4.69) is 4.74 Å². The van der Waals surface area contributed by atoms with E-state index in [1.54, 1.807) is 6.92 Å². The molecule has 0 aromatic rings. The molecule has 0 bridgehead atoms. The minimum Gasteiger partial charge on any atom is -0.483 e. The lowest BCUT2D eigenvalue weighted by atomic mass is 10.4. The van der Waals surface area contributed by atoms with Crippen LogP contribution in [0.2, 0.25) is 0 Å². The zero-order valence-corrected chi connectivity index (χ0v) is 4.56. The van der Waals surface area contributed by atoms with Crippen LogP contribution in [0.4, 0.5) is 0 Å².